The second-order valence-corrected chi connectivity index (χ2v) is 5.09. The molecule has 0 saturated carbocycles. The standard InChI is InChI=1S/C12H20N2OS/c1-3-4-14(5-6-15)9-11-7-12(8-13)16-10(11)2/h3,7,15H,1,4-6,8-9,13H2,2H3. The van der Waals surface area contributed by atoms with E-state index in [1.54, 1.807) is 11.3 Å². The van der Waals surface area contributed by atoms with Gasteiger partial charge in [-0.15, -0.1) is 17.9 Å². The molecule has 90 valence electrons. The maximum atomic E-state index is 8.97. The van der Waals surface area contributed by atoms with E-state index in [4.69, 9.17) is 10.8 Å². The van der Waals surface area contributed by atoms with Crippen molar-refractivity contribution in [3.8, 4) is 0 Å². The molecule has 0 aliphatic rings. The lowest BCUT2D eigenvalue weighted by Crippen LogP contribution is -2.26. The van der Waals surface area contributed by atoms with Crippen molar-refractivity contribution in [2.24, 2.45) is 5.73 Å². The van der Waals surface area contributed by atoms with Crippen LogP contribution in [0.15, 0.2) is 18.7 Å². The molecule has 0 atom stereocenters. The molecule has 1 aromatic heterocycles. The highest BCUT2D eigenvalue weighted by atomic mass is 32.1. The largest absolute Gasteiger partial charge is 0.395 e. The van der Waals surface area contributed by atoms with E-state index in [2.05, 4.69) is 24.5 Å². The maximum Gasteiger partial charge on any atom is 0.0558 e. The van der Waals surface area contributed by atoms with E-state index < -0.39 is 0 Å². The molecular formula is C12H20N2OS. The van der Waals surface area contributed by atoms with E-state index in [1.165, 1.54) is 15.3 Å². The first-order valence-electron chi connectivity index (χ1n) is 5.43. The van der Waals surface area contributed by atoms with Crippen LogP contribution in [-0.4, -0.2) is 29.7 Å². The summed E-state index contributed by atoms with van der Waals surface area (Å²) in [6, 6.07) is 2.16. The molecule has 0 aromatic carbocycles. The Morgan fingerprint density at radius 2 is 2.38 bits per heavy atom. The zero-order valence-electron chi connectivity index (χ0n) is 9.78. The number of rotatable bonds is 7. The second-order valence-electron chi connectivity index (χ2n) is 3.75. The van der Waals surface area contributed by atoms with Gasteiger partial charge < -0.3 is 10.8 Å². The van der Waals surface area contributed by atoms with E-state index >= 15 is 0 Å². The lowest BCUT2D eigenvalue weighted by molar-refractivity contribution is 0.203. The highest BCUT2D eigenvalue weighted by molar-refractivity contribution is 7.12. The van der Waals surface area contributed by atoms with E-state index in [1.807, 2.05) is 6.08 Å². The Kier molecular flexibility index (Phi) is 5.69. The van der Waals surface area contributed by atoms with Gasteiger partial charge >= 0.3 is 0 Å². The summed E-state index contributed by atoms with van der Waals surface area (Å²) in [6.07, 6.45) is 1.86. The van der Waals surface area contributed by atoms with Gasteiger partial charge in [-0.2, -0.15) is 0 Å². The van der Waals surface area contributed by atoms with E-state index in [-0.39, 0.29) is 6.61 Å². The number of hydrogen-bond donors (Lipinski definition) is 2. The zero-order valence-corrected chi connectivity index (χ0v) is 10.6. The molecule has 0 unspecified atom stereocenters. The second kappa shape index (κ2) is 6.81. The molecule has 0 fully saturated rings. The average molecular weight is 240 g/mol. The van der Waals surface area contributed by atoms with Crippen LogP contribution in [0.1, 0.15) is 15.3 Å². The maximum absolute atomic E-state index is 8.97. The van der Waals surface area contributed by atoms with Gasteiger partial charge in [0.2, 0.25) is 0 Å². The quantitative estimate of drug-likeness (QED) is 0.710. The van der Waals surface area contributed by atoms with Crippen LogP contribution in [0.2, 0.25) is 0 Å². The molecule has 1 aromatic rings. The van der Waals surface area contributed by atoms with E-state index in [0.717, 1.165) is 13.1 Å². The highest BCUT2D eigenvalue weighted by Gasteiger charge is 2.09. The van der Waals surface area contributed by atoms with Crippen molar-refractivity contribution >= 4 is 11.3 Å². The minimum Gasteiger partial charge on any atom is -0.395 e. The topological polar surface area (TPSA) is 49.5 Å². The van der Waals surface area contributed by atoms with Gasteiger partial charge in [-0.1, -0.05) is 6.08 Å². The van der Waals surface area contributed by atoms with Crippen molar-refractivity contribution in [1.29, 1.82) is 0 Å². The number of aliphatic hydroxyl groups excluding tert-OH is 1. The number of hydrogen-bond acceptors (Lipinski definition) is 4. The van der Waals surface area contributed by atoms with Crippen molar-refractivity contribution in [3.63, 3.8) is 0 Å². The molecule has 3 N–H and O–H groups in total. The Morgan fingerprint density at radius 3 is 2.88 bits per heavy atom. The van der Waals surface area contributed by atoms with Crippen molar-refractivity contribution in [2.75, 3.05) is 19.7 Å². The molecule has 0 saturated heterocycles. The Balaban J connectivity index is 2.67. The van der Waals surface area contributed by atoms with E-state index in [9.17, 15) is 0 Å². The number of aliphatic hydroxyl groups is 1. The van der Waals surface area contributed by atoms with Gasteiger partial charge in [0.25, 0.3) is 0 Å². The van der Waals surface area contributed by atoms with Crippen LogP contribution >= 0.6 is 11.3 Å². The summed E-state index contributed by atoms with van der Waals surface area (Å²) >= 11 is 1.75. The molecule has 1 heterocycles. The fourth-order valence-corrected chi connectivity index (χ4v) is 2.58. The Morgan fingerprint density at radius 1 is 1.62 bits per heavy atom. The number of nitrogens with two attached hydrogens (primary N) is 1. The molecule has 16 heavy (non-hydrogen) atoms. The predicted octanol–water partition coefficient (Wildman–Crippen LogP) is 1.50. The summed E-state index contributed by atoms with van der Waals surface area (Å²) in [5.74, 6) is 0. The first-order chi connectivity index (χ1) is 7.71. The number of nitrogens with zero attached hydrogens (tertiary/aromatic N) is 1. The molecule has 0 aliphatic heterocycles. The molecule has 0 aliphatic carbocycles. The lowest BCUT2D eigenvalue weighted by atomic mass is 10.2. The Labute approximate surface area is 101 Å². The molecule has 0 bridgehead atoms. The first kappa shape index (κ1) is 13.4. The molecular weight excluding hydrogens is 220 g/mol. The van der Waals surface area contributed by atoms with Gasteiger partial charge in [0.1, 0.15) is 0 Å². The van der Waals surface area contributed by atoms with Crippen molar-refractivity contribution < 1.29 is 5.11 Å². The first-order valence-corrected chi connectivity index (χ1v) is 6.25. The molecule has 0 amide bonds. The van der Waals surface area contributed by atoms with Gasteiger partial charge in [0, 0.05) is 35.9 Å². The van der Waals surface area contributed by atoms with Gasteiger partial charge in [-0.25, -0.2) is 0 Å². The van der Waals surface area contributed by atoms with Gasteiger partial charge in [-0.05, 0) is 18.6 Å². The Bertz CT molecular complexity index is 336. The van der Waals surface area contributed by atoms with Crippen molar-refractivity contribution in [3.05, 3.63) is 34.0 Å². The zero-order chi connectivity index (χ0) is 12.0. The van der Waals surface area contributed by atoms with Crippen LogP contribution in [-0.2, 0) is 13.1 Å². The SMILES string of the molecule is C=CCN(CCO)Cc1cc(CN)sc1C. The summed E-state index contributed by atoms with van der Waals surface area (Å²) in [7, 11) is 0. The molecule has 3 nitrogen and oxygen atoms in total. The van der Waals surface area contributed by atoms with Crippen LogP contribution in [0, 0.1) is 6.92 Å². The number of aryl methyl sites for hydroxylation is 1. The summed E-state index contributed by atoms with van der Waals surface area (Å²) in [6.45, 7) is 8.96. The third-order valence-corrected chi connectivity index (χ3v) is 3.59. The summed E-state index contributed by atoms with van der Waals surface area (Å²) in [5.41, 5.74) is 6.93. The monoisotopic (exact) mass is 240 g/mol. The van der Waals surface area contributed by atoms with E-state index in [0.29, 0.717) is 13.1 Å². The fourth-order valence-electron chi connectivity index (χ4n) is 1.64. The van der Waals surface area contributed by atoms with Crippen LogP contribution in [0.5, 0.6) is 0 Å². The predicted molar refractivity (Wildman–Crippen MR) is 69.5 cm³/mol. The number of thiophene rings is 1. The third kappa shape index (κ3) is 3.72. The van der Waals surface area contributed by atoms with Crippen LogP contribution in [0.3, 0.4) is 0 Å². The third-order valence-electron chi connectivity index (χ3n) is 2.47. The normalized spacial score (nSPS) is 11.0. The van der Waals surface area contributed by atoms with Crippen LogP contribution < -0.4 is 5.73 Å². The van der Waals surface area contributed by atoms with Crippen molar-refractivity contribution in [1.82, 2.24) is 4.90 Å². The Hall–Kier alpha value is -0.680. The average Bonchev–Trinajstić information content (AvgIpc) is 2.60. The fraction of sp³-hybridized carbons (Fsp3) is 0.500. The minimum absolute atomic E-state index is 0.181. The smallest absolute Gasteiger partial charge is 0.0558 e. The molecule has 0 radical (unpaired) electrons. The summed E-state index contributed by atoms with van der Waals surface area (Å²) < 4.78 is 0. The summed E-state index contributed by atoms with van der Waals surface area (Å²) in [4.78, 5) is 4.70. The molecule has 1 rings (SSSR count). The van der Waals surface area contributed by atoms with Crippen molar-refractivity contribution in [2.45, 2.75) is 20.0 Å². The molecule has 4 heteroatoms. The summed E-state index contributed by atoms with van der Waals surface area (Å²) in [5, 5.41) is 8.97. The van der Waals surface area contributed by atoms with Crippen LogP contribution in [0.25, 0.3) is 0 Å². The van der Waals surface area contributed by atoms with Gasteiger partial charge in [0.05, 0.1) is 6.61 Å². The highest BCUT2D eigenvalue weighted by Crippen LogP contribution is 2.22. The van der Waals surface area contributed by atoms with Crippen LogP contribution in [0.4, 0.5) is 0 Å². The van der Waals surface area contributed by atoms with Gasteiger partial charge in [0.15, 0.2) is 0 Å². The lowest BCUT2D eigenvalue weighted by Gasteiger charge is -2.19. The molecule has 0 spiro atoms. The van der Waals surface area contributed by atoms with Gasteiger partial charge in [-0.3, -0.25) is 4.90 Å². The minimum atomic E-state index is 0.181.